The summed E-state index contributed by atoms with van der Waals surface area (Å²) in [7, 11) is 0. The molecule has 18 heavy (non-hydrogen) atoms. The molecule has 0 aliphatic carbocycles. The average molecular weight is 255 g/mol. The number of halogens is 3. The van der Waals surface area contributed by atoms with E-state index in [2.05, 4.69) is 11.2 Å². The summed E-state index contributed by atoms with van der Waals surface area (Å²) in [5.74, 6) is 1.74. The van der Waals surface area contributed by atoms with Crippen molar-refractivity contribution in [1.82, 2.24) is 5.32 Å². The molecular formula is C13H12F3NO. The first-order valence-corrected chi connectivity index (χ1v) is 5.32. The smallest absolute Gasteiger partial charge is 0.338 e. The Hall–Kier alpha value is -1.96. The van der Waals surface area contributed by atoms with Crippen LogP contribution < -0.4 is 5.32 Å². The summed E-state index contributed by atoms with van der Waals surface area (Å²) in [5.41, 5.74) is -0.914. The molecule has 1 aromatic rings. The monoisotopic (exact) mass is 255 g/mol. The van der Waals surface area contributed by atoms with Crippen LogP contribution in [0.15, 0.2) is 24.3 Å². The first-order valence-electron chi connectivity index (χ1n) is 5.32. The SMILES string of the molecule is C#CC(CC)NC(=O)c1cccc(C(F)(F)F)c1. The largest absolute Gasteiger partial charge is 0.416 e. The molecule has 0 saturated heterocycles. The van der Waals surface area contributed by atoms with Gasteiger partial charge in [-0.05, 0) is 24.6 Å². The molecule has 0 spiro atoms. The molecule has 1 rings (SSSR count). The van der Waals surface area contributed by atoms with Gasteiger partial charge in [0, 0.05) is 5.56 Å². The van der Waals surface area contributed by atoms with E-state index >= 15 is 0 Å². The number of carbonyl (C=O) groups excluding carboxylic acids is 1. The van der Waals surface area contributed by atoms with Gasteiger partial charge in [0.2, 0.25) is 0 Å². The van der Waals surface area contributed by atoms with Gasteiger partial charge >= 0.3 is 6.18 Å². The van der Waals surface area contributed by atoms with Gasteiger partial charge in [0.15, 0.2) is 0 Å². The fraction of sp³-hybridized carbons (Fsp3) is 0.308. The summed E-state index contributed by atoms with van der Waals surface area (Å²) in [6.07, 6.45) is 1.21. The highest BCUT2D eigenvalue weighted by molar-refractivity contribution is 5.94. The fourth-order valence-electron chi connectivity index (χ4n) is 1.34. The first-order chi connectivity index (χ1) is 8.38. The van der Waals surface area contributed by atoms with Gasteiger partial charge in [0.05, 0.1) is 11.6 Å². The minimum Gasteiger partial charge on any atom is -0.338 e. The van der Waals surface area contributed by atoms with E-state index in [1.807, 2.05) is 0 Å². The molecular weight excluding hydrogens is 243 g/mol. The summed E-state index contributed by atoms with van der Waals surface area (Å²) < 4.78 is 37.4. The summed E-state index contributed by atoms with van der Waals surface area (Å²) in [6.45, 7) is 1.77. The fourth-order valence-corrected chi connectivity index (χ4v) is 1.34. The van der Waals surface area contributed by atoms with Gasteiger partial charge in [-0.2, -0.15) is 13.2 Å². The van der Waals surface area contributed by atoms with Gasteiger partial charge in [-0.25, -0.2) is 0 Å². The summed E-state index contributed by atoms with van der Waals surface area (Å²) >= 11 is 0. The Morgan fingerprint density at radius 2 is 2.17 bits per heavy atom. The lowest BCUT2D eigenvalue weighted by molar-refractivity contribution is -0.137. The van der Waals surface area contributed by atoms with Gasteiger partial charge in [-0.3, -0.25) is 4.79 Å². The second-order valence-electron chi connectivity index (χ2n) is 3.68. The van der Waals surface area contributed by atoms with Crippen LogP contribution in [0, 0.1) is 12.3 Å². The molecule has 0 aliphatic rings. The van der Waals surface area contributed by atoms with Crippen molar-refractivity contribution in [3.63, 3.8) is 0 Å². The number of nitrogens with one attached hydrogen (secondary N) is 1. The zero-order valence-electron chi connectivity index (χ0n) is 9.71. The second kappa shape index (κ2) is 5.58. The predicted molar refractivity (Wildman–Crippen MR) is 61.8 cm³/mol. The van der Waals surface area contributed by atoms with Gasteiger partial charge in [0.25, 0.3) is 5.91 Å². The number of rotatable bonds is 3. The highest BCUT2D eigenvalue weighted by Gasteiger charge is 2.30. The zero-order chi connectivity index (χ0) is 13.8. The van der Waals surface area contributed by atoms with Gasteiger partial charge in [-0.1, -0.05) is 18.9 Å². The predicted octanol–water partition coefficient (Wildman–Crippen LogP) is 2.85. The zero-order valence-corrected chi connectivity index (χ0v) is 9.71. The second-order valence-corrected chi connectivity index (χ2v) is 3.68. The van der Waals surface area contributed by atoms with Gasteiger partial charge in [0.1, 0.15) is 0 Å². The molecule has 0 saturated carbocycles. The number of benzene rings is 1. The van der Waals surface area contributed by atoms with Crippen LogP contribution in [0.5, 0.6) is 0 Å². The minimum absolute atomic E-state index is 0.0569. The van der Waals surface area contributed by atoms with E-state index in [0.29, 0.717) is 6.42 Å². The van der Waals surface area contributed by atoms with Crippen molar-refractivity contribution in [2.45, 2.75) is 25.6 Å². The Balaban J connectivity index is 2.91. The van der Waals surface area contributed by atoms with Crippen LogP contribution in [0.4, 0.5) is 13.2 Å². The Morgan fingerprint density at radius 3 is 2.67 bits per heavy atom. The average Bonchev–Trinajstić information content (AvgIpc) is 2.34. The van der Waals surface area contributed by atoms with Crippen LogP contribution in [-0.2, 0) is 6.18 Å². The molecule has 1 atom stereocenters. The summed E-state index contributed by atoms with van der Waals surface area (Å²) in [4.78, 5) is 11.7. The summed E-state index contributed by atoms with van der Waals surface area (Å²) in [5, 5.41) is 2.47. The van der Waals surface area contributed by atoms with Crippen molar-refractivity contribution >= 4 is 5.91 Å². The Bertz CT molecular complexity index is 474. The molecule has 2 nitrogen and oxygen atoms in total. The molecule has 0 fully saturated rings. The molecule has 0 heterocycles. The standard InChI is InChI=1S/C13H12F3NO/c1-3-11(4-2)17-12(18)9-6-5-7-10(8-9)13(14,15)16/h1,5-8,11H,4H2,2H3,(H,17,18). The van der Waals surface area contributed by atoms with E-state index in [1.54, 1.807) is 6.92 Å². The van der Waals surface area contributed by atoms with Crippen molar-refractivity contribution in [1.29, 1.82) is 0 Å². The normalized spacial score (nSPS) is 12.6. The van der Waals surface area contributed by atoms with Crippen LogP contribution in [0.3, 0.4) is 0 Å². The molecule has 5 heteroatoms. The van der Waals surface area contributed by atoms with Crippen LogP contribution >= 0.6 is 0 Å². The number of amides is 1. The molecule has 0 aromatic heterocycles. The molecule has 0 aliphatic heterocycles. The third-order valence-corrected chi connectivity index (χ3v) is 2.37. The molecule has 1 unspecified atom stereocenters. The molecule has 1 N–H and O–H groups in total. The van der Waals surface area contributed by atoms with E-state index < -0.39 is 23.7 Å². The van der Waals surface area contributed by atoms with Crippen molar-refractivity contribution in [2.24, 2.45) is 0 Å². The van der Waals surface area contributed by atoms with Crippen LogP contribution in [0.1, 0.15) is 29.3 Å². The Labute approximate surface area is 103 Å². The lowest BCUT2D eigenvalue weighted by Gasteiger charge is -2.12. The number of terminal acetylenes is 1. The van der Waals surface area contributed by atoms with Crippen LogP contribution in [0.25, 0.3) is 0 Å². The lowest BCUT2D eigenvalue weighted by atomic mass is 10.1. The number of hydrogen-bond acceptors (Lipinski definition) is 1. The van der Waals surface area contributed by atoms with E-state index in [0.717, 1.165) is 12.1 Å². The van der Waals surface area contributed by atoms with Crippen molar-refractivity contribution < 1.29 is 18.0 Å². The Morgan fingerprint density at radius 1 is 1.50 bits per heavy atom. The first kappa shape index (κ1) is 14.1. The quantitative estimate of drug-likeness (QED) is 0.827. The Kier molecular flexibility index (Phi) is 4.38. The van der Waals surface area contributed by atoms with Crippen molar-refractivity contribution in [3.8, 4) is 12.3 Å². The van der Waals surface area contributed by atoms with Crippen LogP contribution in [-0.4, -0.2) is 11.9 Å². The van der Waals surface area contributed by atoms with E-state index in [1.165, 1.54) is 12.1 Å². The van der Waals surface area contributed by atoms with E-state index in [9.17, 15) is 18.0 Å². The van der Waals surface area contributed by atoms with Gasteiger partial charge < -0.3 is 5.32 Å². The number of alkyl halides is 3. The topological polar surface area (TPSA) is 29.1 Å². The van der Waals surface area contributed by atoms with Crippen LogP contribution in [0.2, 0.25) is 0 Å². The highest BCUT2D eigenvalue weighted by atomic mass is 19.4. The molecule has 0 radical (unpaired) electrons. The van der Waals surface area contributed by atoms with Crippen molar-refractivity contribution in [2.75, 3.05) is 0 Å². The third-order valence-electron chi connectivity index (χ3n) is 2.37. The third kappa shape index (κ3) is 3.52. The maximum absolute atomic E-state index is 12.5. The number of carbonyl (C=O) groups is 1. The van der Waals surface area contributed by atoms with Gasteiger partial charge in [-0.15, -0.1) is 6.42 Å². The maximum atomic E-state index is 12.5. The van der Waals surface area contributed by atoms with Crippen molar-refractivity contribution in [3.05, 3.63) is 35.4 Å². The maximum Gasteiger partial charge on any atom is 0.416 e. The lowest BCUT2D eigenvalue weighted by Crippen LogP contribution is -2.33. The van der Waals surface area contributed by atoms with E-state index in [4.69, 9.17) is 6.42 Å². The molecule has 1 aromatic carbocycles. The molecule has 0 bridgehead atoms. The highest BCUT2D eigenvalue weighted by Crippen LogP contribution is 2.29. The van der Waals surface area contributed by atoms with E-state index in [-0.39, 0.29) is 5.56 Å². The summed E-state index contributed by atoms with van der Waals surface area (Å²) in [6, 6.07) is 3.74. The molecule has 1 amide bonds. The minimum atomic E-state index is -4.47. The number of hydrogen-bond donors (Lipinski definition) is 1. The molecule has 96 valence electrons.